The molecule has 0 spiro atoms. The molecule has 130 valence electrons. The predicted molar refractivity (Wildman–Crippen MR) is 99.0 cm³/mol. The van der Waals surface area contributed by atoms with Gasteiger partial charge in [-0.25, -0.2) is 8.42 Å². The first-order valence-electron chi connectivity index (χ1n) is 7.10. The average Bonchev–Trinajstić information content (AvgIpc) is 2.57. The van der Waals surface area contributed by atoms with Gasteiger partial charge >= 0.3 is 10.1 Å². The molecule has 0 aromatic heterocycles. The van der Waals surface area contributed by atoms with E-state index in [0.717, 1.165) is 17.0 Å². The zero-order valence-electron chi connectivity index (χ0n) is 13.0. The third-order valence-electron chi connectivity index (χ3n) is 3.57. The third-order valence-corrected chi connectivity index (χ3v) is 6.76. The quantitative estimate of drug-likeness (QED) is 0.576. The zero-order chi connectivity index (χ0) is 18.2. The van der Waals surface area contributed by atoms with Crippen molar-refractivity contribution >= 4 is 46.7 Å². The molecule has 0 aliphatic heterocycles. The van der Waals surface area contributed by atoms with Crippen LogP contribution in [0.25, 0.3) is 10.8 Å². The molecular weight excluding hydrogens is 428 g/mol. The van der Waals surface area contributed by atoms with Gasteiger partial charge in [0, 0.05) is 6.26 Å². The molecule has 0 aliphatic carbocycles. The summed E-state index contributed by atoms with van der Waals surface area (Å²) in [7, 11) is -7.49. The van der Waals surface area contributed by atoms with Gasteiger partial charge in [-0.05, 0) is 57.0 Å². The molecule has 0 aliphatic rings. The van der Waals surface area contributed by atoms with E-state index >= 15 is 0 Å². The molecule has 3 aromatic rings. The van der Waals surface area contributed by atoms with Crippen molar-refractivity contribution in [3.8, 4) is 5.75 Å². The fourth-order valence-electron chi connectivity index (χ4n) is 2.30. The van der Waals surface area contributed by atoms with Gasteiger partial charge in [0.05, 0.1) is 9.37 Å². The summed E-state index contributed by atoms with van der Waals surface area (Å²) in [4.78, 5) is -0.0849. The third kappa shape index (κ3) is 3.70. The Kier molecular flexibility index (Phi) is 4.61. The highest BCUT2D eigenvalue weighted by molar-refractivity contribution is 9.10. The normalized spacial score (nSPS) is 12.2. The minimum atomic E-state index is -4.09. The van der Waals surface area contributed by atoms with Crippen molar-refractivity contribution in [2.75, 3.05) is 6.26 Å². The molecule has 0 bridgehead atoms. The van der Waals surface area contributed by atoms with Gasteiger partial charge in [-0.2, -0.15) is 8.42 Å². The van der Waals surface area contributed by atoms with E-state index in [2.05, 4.69) is 15.9 Å². The lowest BCUT2D eigenvalue weighted by atomic mass is 10.1. The molecule has 3 rings (SSSR count). The fraction of sp³-hybridized carbons (Fsp3) is 0.0588. The Balaban J connectivity index is 1.98. The van der Waals surface area contributed by atoms with Gasteiger partial charge in [0.25, 0.3) is 0 Å². The smallest absolute Gasteiger partial charge is 0.339 e. The number of halogens is 1. The van der Waals surface area contributed by atoms with Crippen LogP contribution >= 0.6 is 15.9 Å². The van der Waals surface area contributed by atoms with Gasteiger partial charge in [0.1, 0.15) is 4.90 Å². The highest BCUT2D eigenvalue weighted by atomic mass is 79.9. The maximum Gasteiger partial charge on any atom is 0.339 e. The standard InChI is InChI=1S/C17H13BrO5S2/c1-24(19,20)13-7-9-14(10-8-13)25(21,22)23-16-11-6-12-4-2-3-5-15(12)17(16)18/h2-11H,1H3. The van der Waals surface area contributed by atoms with Crippen LogP contribution in [0.1, 0.15) is 0 Å². The predicted octanol–water partition coefficient (Wildman–Crippen LogP) is 3.77. The van der Waals surface area contributed by atoms with Crippen LogP contribution in [0, 0.1) is 0 Å². The molecule has 0 N–H and O–H groups in total. The van der Waals surface area contributed by atoms with Gasteiger partial charge < -0.3 is 4.18 Å². The number of benzene rings is 3. The van der Waals surface area contributed by atoms with E-state index in [1.165, 1.54) is 24.3 Å². The van der Waals surface area contributed by atoms with Crippen molar-refractivity contribution in [3.05, 3.63) is 65.1 Å². The van der Waals surface area contributed by atoms with E-state index in [0.29, 0.717) is 4.47 Å². The minimum absolute atomic E-state index is 0.0401. The molecule has 8 heteroatoms. The van der Waals surface area contributed by atoms with Gasteiger partial charge in [-0.15, -0.1) is 0 Å². The largest absolute Gasteiger partial charge is 0.378 e. The van der Waals surface area contributed by atoms with Crippen molar-refractivity contribution in [3.63, 3.8) is 0 Å². The Morgan fingerprint density at radius 2 is 1.40 bits per heavy atom. The number of rotatable bonds is 4. The maximum atomic E-state index is 12.5. The van der Waals surface area contributed by atoms with Crippen molar-refractivity contribution in [1.82, 2.24) is 0 Å². The first kappa shape index (κ1) is 17.9. The summed E-state index contributed by atoms with van der Waals surface area (Å²) in [5.41, 5.74) is 0. The molecule has 0 amide bonds. The van der Waals surface area contributed by atoms with Crippen molar-refractivity contribution in [2.45, 2.75) is 9.79 Å². The lowest BCUT2D eigenvalue weighted by molar-refractivity contribution is 0.485. The number of fused-ring (bicyclic) bond motifs is 1. The molecule has 25 heavy (non-hydrogen) atoms. The minimum Gasteiger partial charge on any atom is -0.378 e. The monoisotopic (exact) mass is 440 g/mol. The summed E-state index contributed by atoms with van der Waals surface area (Å²) in [5, 5.41) is 1.76. The number of hydrogen-bond acceptors (Lipinski definition) is 5. The van der Waals surface area contributed by atoms with E-state index in [9.17, 15) is 16.8 Å². The molecular formula is C17H13BrO5S2. The Morgan fingerprint density at radius 1 is 0.800 bits per heavy atom. The van der Waals surface area contributed by atoms with E-state index in [-0.39, 0.29) is 15.5 Å². The topological polar surface area (TPSA) is 77.5 Å². The highest BCUT2D eigenvalue weighted by Crippen LogP contribution is 2.34. The molecule has 0 fully saturated rings. The second-order valence-electron chi connectivity index (χ2n) is 5.38. The van der Waals surface area contributed by atoms with E-state index < -0.39 is 20.0 Å². The number of sulfone groups is 1. The van der Waals surface area contributed by atoms with Gasteiger partial charge in [-0.1, -0.05) is 30.3 Å². The van der Waals surface area contributed by atoms with Crippen LogP contribution in [0.4, 0.5) is 0 Å². The average molecular weight is 441 g/mol. The second-order valence-corrected chi connectivity index (χ2v) is 9.73. The Labute approximate surface area is 154 Å². The summed E-state index contributed by atoms with van der Waals surface area (Å²) >= 11 is 3.38. The van der Waals surface area contributed by atoms with Crippen LogP contribution < -0.4 is 4.18 Å². The van der Waals surface area contributed by atoms with Crippen molar-refractivity contribution in [1.29, 1.82) is 0 Å². The van der Waals surface area contributed by atoms with Crippen LogP contribution in [0.15, 0.2) is 74.9 Å². The molecule has 0 unspecified atom stereocenters. The van der Waals surface area contributed by atoms with E-state index in [4.69, 9.17) is 4.18 Å². The first-order chi connectivity index (χ1) is 11.7. The molecule has 0 saturated carbocycles. The summed E-state index contributed by atoms with van der Waals surface area (Å²) in [6.07, 6.45) is 1.05. The summed E-state index contributed by atoms with van der Waals surface area (Å²) in [6.45, 7) is 0. The van der Waals surface area contributed by atoms with Crippen LogP contribution in [0.2, 0.25) is 0 Å². The zero-order valence-corrected chi connectivity index (χ0v) is 16.2. The molecule has 0 radical (unpaired) electrons. The van der Waals surface area contributed by atoms with E-state index in [1.54, 1.807) is 12.1 Å². The Hall–Kier alpha value is -1.90. The van der Waals surface area contributed by atoms with Gasteiger partial charge in [0.2, 0.25) is 0 Å². The molecule has 5 nitrogen and oxygen atoms in total. The Bertz CT molecular complexity index is 1150. The van der Waals surface area contributed by atoms with Crippen LogP contribution in [0.3, 0.4) is 0 Å². The maximum absolute atomic E-state index is 12.5. The SMILES string of the molecule is CS(=O)(=O)c1ccc(S(=O)(=O)Oc2ccc3ccccc3c2Br)cc1. The molecule has 3 aromatic carbocycles. The second kappa shape index (κ2) is 6.44. The highest BCUT2D eigenvalue weighted by Gasteiger charge is 2.20. The lowest BCUT2D eigenvalue weighted by Crippen LogP contribution is -2.10. The summed E-state index contributed by atoms with van der Waals surface area (Å²) < 4.78 is 53.6. The van der Waals surface area contributed by atoms with Gasteiger partial charge in [-0.3, -0.25) is 0 Å². The Morgan fingerprint density at radius 3 is 2.04 bits per heavy atom. The molecule has 0 atom stereocenters. The van der Waals surface area contributed by atoms with Gasteiger partial charge in [0.15, 0.2) is 15.6 Å². The molecule has 0 saturated heterocycles. The molecule has 0 heterocycles. The number of hydrogen-bond donors (Lipinski definition) is 0. The lowest BCUT2D eigenvalue weighted by Gasteiger charge is -2.11. The van der Waals surface area contributed by atoms with Crippen molar-refractivity contribution in [2.24, 2.45) is 0 Å². The summed E-state index contributed by atoms with van der Waals surface area (Å²) in [5.74, 6) is 0.158. The van der Waals surface area contributed by atoms with E-state index in [1.807, 2.05) is 24.3 Å². The van der Waals surface area contributed by atoms with Crippen LogP contribution in [-0.2, 0) is 20.0 Å². The first-order valence-corrected chi connectivity index (χ1v) is 11.2. The summed E-state index contributed by atoms with van der Waals surface area (Å²) in [6, 6.07) is 15.7. The van der Waals surface area contributed by atoms with Crippen LogP contribution in [-0.4, -0.2) is 23.1 Å². The van der Waals surface area contributed by atoms with Crippen molar-refractivity contribution < 1.29 is 21.0 Å². The van der Waals surface area contributed by atoms with Crippen LogP contribution in [0.5, 0.6) is 5.75 Å². The fourth-order valence-corrected chi connectivity index (χ4v) is 4.55.